The third kappa shape index (κ3) is 3.16. The van der Waals surface area contributed by atoms with Crippen LogP contribution in [0.2, 0.25) is 0 Å². The first-order valence-electron chi connectivity index (χ1n) is 8.05. The highest BCUT2D eigenvalue weighted by molar-refractivity contribution is 5.71. The van der Waals surface area contributed by atoms with Crippen LogP contribution in [0.4, 0.5) is 36.3 Å². The van der Waals surface area contributed by atoms with Crippen molar-refractivity contribution in [1.82, 2.24) is 9.97 Å². The molecule has 0 aliphatic carbocycles. The Balaban J connectivity index is 1.64. The summed E-state index contributed by atoms with van der Waals surface area (Å²) in [4.78, 5) is 13.9. The van der Waals surface area contributed by atoms with Gasteiger partial charge in [0.05, 0.1) is 5.69 Å². The van der Waals surface area contributed by atoms with Crippen LogP contribution < -0.4 is 10.2 Å². The van der Waals surface area contributed by atoms with Gasteiger partial charge in [0, 0.05) is 30.7 Å². The maximum Gasteiger partial charge on any atom is 0.421 e. The first-order chi connectivity index (χ1) is 11.9. The highest BCUT2D eigenvalue weighted by atomic mass is 19.4. The second kappa shape index (κ2) is 5.72. The fraction of sp³-hybridized carbons (Fsp3) is 0.353. The summed E-state index contributed by atoms with van der Waals surface area (Å²) in [6, 6.07) is 5.70. The van der Waals surface area contributed by atoms with Crippen molar-refractivity contribution in [3.63, 3.8) is 0 Å². The van der Waals surface area contributed by atoms with Gasteiger partial charge in [0.25, 0.3) is 0 Å². The van der Waals surface area contributed by atoms with Gasteiger partial charge in [-0.3, -0.25) is 4.99 Å². The van der Waals surface area contributed by atoms with Crippen molar-refractivity contribution >= 4 is 29.4 Å². The number of alkyl halides is 3. The zero-order chi connectivity index (χ0) is 17.6. The summed E-state index contributed by atoms with van der Waals surface area (Å²) in [6.07, 6.45) is 0.0212. The van der Waals surface area contributed by atoms with Gasteiger partial charge in [-0.25, -0.2) is 4.98 Å². The average Bonchev–Trinajstić information content (AvgIpc) is 3.30. The van der Waals surface area contributed by atoms with E-state index in [1.165, 1.54) is 0 Å². The SMILES string of the molecule is CC1CN1c1nc(Nc2ccc3c(c2)CCC=N3)ncc1C(F)(F)F. The predicted octanol–water partition coefficient (Wildman–Crippen LogP) is 4.10. The predicted molar refractivity (Wildman–Crippen MR) is 90.0 cm³/mol. The molecule has 0 radical (unpaired) electrons. The molecule has 0 saturated carbocycles. The van der Waals surface area contributed by atoms with E-state index in [0.29, 0.717) is 6.54 Å². The molecule has 1 aromatic heterocycles. The second-order valence-corrected chi connectivity index (χ2v) is 6.25. The van der Waals surface area contributed by atoms with Gasteiger partial charge in [-0.15, -0.1) is 0 Å². The van der Waals surface area contributed by atoms with E-state index in [9.17, 15) is 13.2 Å². The normalized spacial score (nSPS) is 18.9. The third-order valence-corrected chi connectivity index (χ3v) is 4.31. The molecule has 130 valence electrons. The number of nitrogens with one attached hydrogen (secondary N) is 1. The van der Waals surface area contributed by atoms with E-state index in [1.54, 1.807) is 4.90 Å². The molecule has 1 saturated heterocycles. The Morgan fingerprint density at radius 1 is 1.28 bits per heavy atom. The van der Waals surface area contributed by atoms with E-state index >= 15 is 0 Å². The lowest BCUT2D eigenvalue weighted by Crippen LogP contribution is -2.14. The molecule has 0 amide bonds. The van der Waals surface area contributed by atoms with Gasteiger partial charge in [0.15, 0.2) is 0 Å². The van der Waals surface area contributed by atoms with Gasteiger partial charge in [-0.2, -0.15) is 18.2 Å². The molecule has 1 N–H and O–H groups in total. The molecule has 3 heterocycles. The van der Waals surface area contributed by atoms with E-state index < -0.39 is 11.7 Å². The fourth-order valence-electron chi connectivity index (χ4n) is 2.89. The Labute approximate surface area is 142 Å². The molecule has 1 unspecified atom stereocenters. The summed E-state index contributed by atoms with van der Waals surface area (Å²) >= 11 is 0. The zero-order valence-electron chi connectivity index (χ0n) is 13.5. The largest absolute Gasteiger partial charge is 0.421 e. The van der Waals surface area contributed by atoms with Crippen molar-refractivity contribution in [2.45, 2.75) is 32.0 Å². The van der Waals surface area contributed by atoms with Crippen LogP contribution >= 0.6 is 0 Å². The number of fused-ring (bicyclic) bond motifs is 1. The van der Waals surface area contributed by atoms with E-state index in [2.05, 4.69) is 20.3 Å². The molecule has 4 rings (SSSR count). The van der Waals surface area contributed by atoms with E-state index in [-0.39, 0.29) is 17.8 Å². The van der Waals surface area contributed by atoms with Crippen LogP contribution in [0, 0.1) is 0 Å². The standard InChI is InChI=1S/C17H16F3N5/c1-10-9-25(10)15-13(17(18,19)20)8-22-16(24-15)23-12-4-5-14-11(7-12)3-2-6-21-14/h4-8,10H,2-3,9H2,1H3,(H,22,23,24). The number of halogens is 3. The summed E-state index contributed by atoms with van der Waals surface area (Å²) in [7, 11) is 0. The number of hydrogen-bond donors (Lipinski definition) is 1. The lowest BCUT2D eigenvalue weighted by Gasteiger charge is -2.15. The van der Waals surface area contributed by atoms with Gasteiger partial charge in [-0.05, 0) is 43.5 Å². The van der Waals surface area contributed by atoms with Gasteiger partial charge in [0.1, 0.15) is 11.4 Å². The Bertz CT molecular complexity index is 847. The fourth-order valence-corrected chi connectivity index (χ4v) is 2.89. The van der Waals surface area contributed by atoms with Crippen LogP contribution in [0.1, 0.15) is 24.5 Å². The Morgan fingerprint density at radius 2 is 2.08 bits per heavy atom. The summed E-state index contributed by atoms with van der Waals surface area (Å²) in [5.41, 5.74) is 1.95. The first-order valence-corrected chi connectivity index (χ1v) is 8.05. The van der Waals surface area contributed by atoms with Gasteiger partial charge in [-0.1, -0.05) is 0 Å². The van der Waals surface area contributed by atoms with E-state index in [1.807, 2.05) is 31.3 Å². The second-order valence-electron chi connectivity index (χ2n) is 6.25. The molecule has 8 heteroatoms. The Hall–Kier alpha value is -2.64. The molecule has 2 aliphatic rings. The molecule has 25 heavy (non-hydrogen) atoms. The highest BCUT2D eigenvalue weighted by Crippen LogP contribution is 2.39. The number of anilines is 3. The van der Waals surface area contributed by atoms with Gasteiger partial charge >= 0.3 is 6.18 Å². The minimum absolute atomic E-state index is 0.0606. The Kier molecular flexibility index (Phi) is 3.63. The summed E-state index contributed by atoms with van der Waals surface area (Å²) in [6.45, 7) is 2.43. The van der Waals surface area contributed by atoms with Crippen molar-refractivity contribution in [3.8, 4) is 0 Å². The summed E-state index contributed by atoms with van der Waals surface area (Å²) in [5, 5.41) is 3.00. The lowest BCUT2D eigenvalue weighted by atomic mass is 10.0. The van der Waals surface area contributed by atoms with Crippen LogP contribution in [0.5, 0.6) is 0 Å². The number of rotatable bonds is 3. The lowest BCUT2D eigenvalue weighted by molar-refractivity contribution is -0.137. The van der Waals surface area contributed by atoms with E-state index in [0.717, 1.165) is 36.0 Å². The van der Waals surface area contributed by atoms with Gasteiger partial charge < -0.3 is 10.2 Å². The minimum atomic E-state index is -4.47. The highest BCUT2D eigenvalue weighted by Gasteiger charge is 2.41. The molecule has 1 fully saturated rings. The Morgan fingerprint density at radius 3 is 2.80 bits per heavy atom. The monoisotopic (exact) mass is 347 g/mol. The third-order valence-electron chi connectivity index (χ3n) is 4.31. The quantitative estimate of drug-likeness (QED) is 0.850. The molecule has 2 aliphatic heterocycles. The molecule has 5 nitrogen and oxygen atoms in total. The molecule has 1 atom stereocenters. The maximum absolute atomic E-state index is 13.2. The topological polar surface area (TPSA) is 53.2 Å². The summed E-state index contributed by atoms with van der Waals surface area (Å²) < 4.78 is 39.5. The zero-order valence-corrected chi connectivity index (χ0v) is 13.5. The van der Waals surface area contributed by atoms with Crippen molar-refractivity contribution in [2.24, 2.45) is 4.99 Å². The number of nitrogens with zero attached hydrogens (tertiary/aromatic N) is 4. The number of aryl methyl sites for hydroxylation is 1. The molecule has 1 aromatic carbocycles. The van der Waals surface area contributed by atoms with Crippen LogP contribution in [0.3, 0.4) is 0 Å². The molecular weight excluding hydrogens is 331 g/mol. The number of aromatic nitrogens is 2. The average molecular weight is 347 g/mol. The van der Waals surface area contributed by atoms with E-state index in [4.69, 9.17) is 0 Å². The van der Waals surface area contributed by atoms with Crippen LogP contribution in [-0.2, 0) is 12.6 Å². The van der Waals surface area contributed by atoms with Crippen molar-refractivity contribution in [3.05, 3.63) is 35.5 Å². The van der Waals surface area contributed by atoms with Crippen molar-refractivity contribution in [2.75, 3.05) is 16.8 Å². The van der Waals surface area contributed by atoms with Gasteiger partial charge in [0.2, 0.25) is 5.95 Å². The molecular formula is C17H16F3N5. The van der Waals surface area contributed by atoms with Crippen LogP contribution in [0.15, 0.2) is 29.4 Å². The van der Waals surface area contributed by atoms with Crippen LogP contribution in [-0.4, -0.2) is 28.8 Å². The number of benzene rings is 1. The molecule has 0 spiro atoms. The van der Waals surface area contributed by atoms with Crippen molar-refractivity contribution in [1.29, 1.82) is 0 Å². The first kappa shape index (κ1) is 15.9. The smallest absolute Gasteiger partial charge is 0.349 e. The summed E-state index contributed by atoms with van der Waals surface area (Å²) in [5.74, 6) is 0.0846. The number of aliphatic imine (C=N–C) groups is 1. The van der Waals surface area contributed by atoms with Crippen LogP contribution in [0.25, 0.3) is 0 Å². The maximum atomic E-state index is 13.2. The van der Waals surface area contributed by atoms with Crippen molar-refractivity contribution < 1.29 is 13.2 Å². The number of hydrogen-bond acceptors (Lipinski definition) is 5. The minimum Gasteiger partial charge on any atom is -0.349 e. The molecule has 2 aromatic rings. The molecule has 0 bridgehead atoms.